The monoisotopic (exact) mass is 424 g/mol. The van der Waals surface area contributed by atoms with Gasteiger partial charge in [0, 0.05) is 22.0 Å². The van der Waals surface area contributed by atoms with Crippen LogP contribution in [0.4, 0.5) is 0 Å². The second-order valence-corrected chi connectivity index (χ2v) is 7.64. The number of carbonyl (C=O) groups excluding carboxylic acids is 1. The van der Waals surface area contributed by atoms with E-state index in [9.17, 15) is 4.79 Å². The SMILES string of the molecule is Cc1ccc2nc(-c3ccco3)cc(C(=O)NCCc3ccc(Cl)cc3Cl)c2c1. The Morgan fingerprint density at radius 3 is 2.72 bits per heavy atom. The third-order valence-electron chi connectivity index (χ3n) is 4.68. The van der Waals surface area contributed by atoms with E-state index in [1.165, 1.54) is 0 Å². The van der Waals surface area contributed by atoms with Crippen LogP contribution in [-0.2, 0) is 6.42 Å². The summed E-state index contributed by atoms with van der Waals surface area (Å²) in [4.78, 5) is 17.6. The molecule has 2 aromatic heterocycles. The first kappa shape index (κ1) is 19.5. The summed E-state index contributed by atoms with van der Waals surface area (Å²) in [5.74, 6) is 0.454. The molecule has 4 aromatic rings. The van der Waals surface area contributed by atoms with Crippen molar-refractivity contribution in [1.82, 2.24) is 10.3 Å². The number of benzene rings is 2. The molecule has 0 unspecified atom stereocenters. The Morgan fingerprint density at radius 2 is 1.97 bits per heavy atom. The molecule has 1 N–H and O–H groups in total. The minimum Gasteiger partial charge on any atom is -0.463 e. The highest BCUT2D eigenvalue weighted by Gasteiger charge is 2.15. The van der Waals surface area contributed by atoms with Gasteiger partial charge in [0.1, 0.15) is 5.69 Å². The molecule has 0 saturated heterocycles. The van der Waals surface area contributed by atoms with Gasteiger partial charge in [-0.05, 0) is 61.4 Å². The number of furan rings is 1. The number of aryl methyl sites for hydroxylation is 1. The zero-order valence-corrected chi connectivity index (χ0v) is 17.2. The highest BCUT2D eigenvalue weighted by Crippen LogP contribution is 2.26. The normalized spacial score (nSPS) is 11.0. The molecule has 0 aliphatic carbocycles. The number of fused-ring (bicyclic) bond motifs is 1. The smallest absolute Gasteiger partial charge is 0.252 e. The summed E-state index contributed by atoms with van der Waals surface area (Å²) in [7, 11) is 0. The molecule has 29 heavy (non-hydrogen) atoms. The molecule has 0 spiro atoms. The van der Waals surface area contributed by atoms with E-state index in [1.807, 2.05) is 37.3 Å². The van der Waals surface area contributed by atoms with Gasteiger partial charge in [-0.3, -0.25) is 4.79 Å². The van der Waals surface area contributed by atoms with Gasteiger partial charge in [-0.2, -0.15) is 0 Å². The maximum Gasteiger partial charge on any atom is 0.252 e. The van der Waals surface area contributed by atoms with Gasteiger partial charge in [0.25, 0.3) is 5.91 Å². The van der Waals surface area contributed by atoms with Crippen molar-refractivity contribution in [1.29, 1.82) is 0 Å². The molecule has 4 nitrogen and oxygen atoms in total. The van der Waals surface area contributed by atoms with E-state index in [0.717, 1.165) is 22.0 Å². The number of nitrogens with zero attached hydrogens (tertiary/aromatic N) is 1. The van der Waals surface area contributed by atoms with Crippen LogP contribution in [0.1, 0.15) is 21.5 Å². The summed E-state index contributed by atoms with van der Waals surface area (Å²) in [6.45, 7) is 2.44. The molecular formula is C23H18Cl2N2O2. The maximum atomic E-state index is 13.0. The van der Waals surface area contributed by atoms with Crippen molar-refractivity contribution < 1.29 is 9.21 Å². The van der Waals surface area contributed by atoms with Gasteiger partial charge in [0.15, 0.2) is 5.76 Å². The van der Waals surface area contributed by atoms with Gasteiger partial charge >= 0.3 is 0 Å². The van der Waals surface area contributed by atoms with Crippen molar-refractivity contribution in [2.45, 2.75) is 13.3 Å². The van der Waals surface area contributed by atoms with E-state index < -0.39 is 0 Å². The summed E-state index contributed by atoms with van der Waals surface area (Å²) in [6.07, 6.45) is 2.20. The van der Waals surface area contributed by atoms with E-state index in [4.69, 9.17) is 27.6 Å². The van der Waals surface area contributed by atoms with Crippen molar-refractivity contribution in [2.75, 3.05) is 6.54 Å². The molecule has 146 valence electrons. The highest BCUT2D eigenvalue weighted by molar-refractivity contribution is 6.35. The van der Waals surface area contributed by atoms with Gasteiger partial charge in [0.05, 0.1) is 17.3 Å². The van der Waals surface area contributed by atoms with Gasteiger partial charge in [-0.15, -0.1) is 0 Å². The molecule has 2 aromatic carbocycles. The van der Waals surface area contributed by atoms with Crippen LogP contribution in [0.15, 0.2) is 65.3 Å². The quantitative estimate of drug-likeness (QED) is 0.422. The molecule has 0 aliphatic heterocycles. The van der Waals surface area contributed by atoms with Crippen molar-refractivity contribution in [3.8, 4) is 11.5 Å². The first-order valence-corrected chi connectivity index (χ1v) is 9.94. The number of aromatic nitrogens is 1. The third kappa shape index (κ3) is 4.29. The molecule has 0 radical (unpaired) electrons. The maximum absolute atomic E-state index is 13.0. The lowest BCUT2D eigenvalue weighted by Gasteiger charge is -2.11. The fourth-order valence-electron chi connectivity index (χ4n) is 3.21. The largest absolute Gasteiger partial charge is 0.463 e. The number of pyridine rings is 1. The third-order valence-corrected chi connectivity index (χ3v) is 5.26. The number of hydrogen-bond acceptors (Lipinski definition) is 3. The molecule has 0 fully saturated rings. The topological polar surface area (TPSA) is 55.1 Å². The lowest BCUT2D eigenvalue weighted by molar-refractivity contribution is 0.0956. The average Bonchev–Trinajstić information content (AvgIpc) is 3.23. The second-order valence-electron chi connectivity index (χ2n) is 6.79. The van der Waals surface area contributed by atoms with Gasteiger partial charge in [-0.25, -0.2) is 4.98 Å². The van der Waals surface area contributed by atoms with Crippen LogP contribution < -0.4 is 5.32 Å². The Hall–Kier alpha value is -2.82. The average molecular weight is 425 g/mol. The predicted molar refractivity (Wildman–Crippen MR) is 117 cm³/mol. The van der Waals surface area contributed by atoms with Crippen LogP contribution in [0.3, 0.4) is 0 Å². The molecule has 0 aliphatic rings. The Balaban J connectivity index is 1.61. The van der Waals surface area contributed by atoms with E-state index in [2.05, 4.69) is 10.3 Å². The Bertz CT molecular complexity index is 1190. The Kier molecular flexibility index (Phi) is 5.56. The Labute approximate surface area is 178 Å². The van der Waals surface area contributed by atoms with E-state index >= 15 is 0 Å². The molecular weight excluding hydrogens is 407 g/mol. The number of halogens is 2. The summed E-state index contributed by atoms with van der Waals surface area (Å²) < 4.78 is 5.47. The first-order valence-electron chi connectivity index (χ1n) is 9.18. The van der Waals surface area contributed by atoms with Gasteiger partial charge < -0.3 is 9.73 Å². The molecule has 0 bridgehead atoms. The molecule has 2 heterocycles. The summed E-state index contributed by atoms with van der Waals surface area (Å²) in [5.41, 5.74) is 3.93. The fraction of sp³-hybridized carbons (Fsp3) is 0.130. The Morgan fingerprint density at radius 1 is 1.10 bits per heavy atom. The standard InChI is InChI=1S/C23H18Cl2N2O2/c1-14-4-7-20-17(11-14)18(13-21(27-20)22-3-2-10-29-22)23(28)26-9-8-15-5-6-16(24)12-19(15)25/h2-7,10-13H,8-9H2,1H3,(H,26,28). The number of hydrogen-bond donors (Lipinski definition) is 1. The van der Waals surface area contributed by atoms with Crippen LogP contribution in [0, 0.1) is 6.92 Å². The summed E-state index contributed by atoms with van der Waals surface area (Å²) >= 11 is 12.2. The van der Waals surface area contributed by atoms with E-state index in [-0.39, 0.29) is 5.91 Å². The first-order chi connectivity index (χ1) is 14.0. The second kappa shape index (κ2) is 8.27. The number of carbonyl (C=O) groups is 1. The number of amides is 1. The fourth-order valence-corrected chi connectivity index (χ4v) is 3.71. The van der Waals surface area contributed by atoms with Crippen LogP contribution in [-0.4, -0.2) is 17.4 Å². The predicted octanol–water partition coefficient (Wildman–Crippen LogP) is 6.08. The van der Waals surface area contributed by atoms with Crippen molar-refractivity contribution in [3.05, 3.63) is 87.6 Å². The van der Waals surface area contributed by atoms with Crippen molar-refractivity contribution in [2.24, 2.45) is 0 Å². The van der Waals surface area contributed by atoms with Gasteiger partial charge in [0.2, 0.25) is 0 Å². The zero-order valence-electron chi connectivity index (χ0n) is 15.7. The molecule has 0 atom stereocenters. The molecule has 0 saturated carbocycles. The van der Waals surface area contributed by atoms with Crippen LogP contribution in [0.2, 0.25) is 10.0 Å². The summed E-state index contributed by atoms with van der Waals surface area (Å²) in [6, 6.07) is 16.6. The number of rotatable bonds is 5. The van der Waals surface area contributed by atoms with E-state index in [0.29, 0.717) is 40.0 Å². The van der Waals surface area contributed by atoms with Crippen LogP contribution in [0.5, 0.6) is 0 Å². The zero-order chi connectivity index (χ0) is 20.4. The highest BCUT2D eigenvalue weighted by atomic mass is 35.5. The molecule has 4 rings (SSSR count). The van der Waals surface area contributed by atoms with E-state index in [1.54, 1.807) is 30.5 Å². The number of nitrogens with one attached hydrogen (secondary N) is 1. The van der Waals surface area contributed by atoms with Gasteiger partial charge in [-0.1, -0.05) is 40.9 Å². The molecule has 6 heteroatoms. The van der Waals surface area contributed by atoms with Crippen molar-refractivity contribution in [3.63, 3.8) is 0 Å². The lowest BCUT2D eigenvalue weighted by Crippen LogP contribution is -2.26. The van der Waals surface area contributed by atoms with Crippen molar-refractivity contribution >= 4 is 40.0 Å². The lowest BCUT2D eigenvalue weighted by atomic mass is 10.0. The van der Waals surface area contributed by atoms with Crippen LogP contribution >= 0.6 is 23.2 Å². The molecule has 1 amide bonds. The minimum absolute atomic E-state index is 0.166. The summed E-state index contributed by atoms with van der Waals surface area (Å²) in [5, 5.41) is 4.98. The van der Waals surface area contributed by atoms with Crippen LogP contribution in [0.25, 0.3) is 22.4 Å². The minimum atomic E-state index is -0.166.